The van der Waals surface area contributed by atoms with Gasteiger partial charge >= 0.3 is 5.97 Å². The van der Waals surface area contributed by atoms with E-state index in [2.05, 4.69) is 5.32 Å². The van der Waals surface area contributed by atoms with Crippen molar-refractivity contribution in [3.63, 3.8) is 0 Å². The van der Waals surface area contributed by atoms with E-state index in [9.17, 15) is 4.79 Å². The SMILES string of the molecule is CNC(CSCCN)C(=O)O. The summed E-state index contributed by atoms with van der Waals surface area (Å²) in [5.41, 5.74) is 5.24. The van der Waals surface area contributed by atoms with Crippen LogP contribution < -0.4 is 11.1 Å². The van der Waals surface area contributed by atoms with Gasteiger partial charge in [-0.05, 0) is 7.05 Å². The molecule has 0 bridgehead atoms. The third-order valence-corrected chi connectivity index (χ3v) is 2.29. The zero-order chi connectivity index (χ0) is 8.69. The third-order valence-electron chi connectivity index (χ3n) is 1.19. The van der Waals surface area contributed by atoms with Crippen LogP contribution in [0.5, 0.6) is 0 Å². The van der Waals surface area contributed by atoms with Crippen LogP contribution in [0.3, 0.4) is 0 Å². The predicted octanol–water partition coefficient (Wildman–Crippen LogP) is -0.649. The van der Waals surface area contributed by atoms with E-state index in [4.69, 9.17) is 10.8 Å². The number of rotatable bonds is 6. The quantitative estimate of drug-likeness (QED) is 0.471. The summed E-state index contributed by atoms with van der Waals surface area (Å²) in [5.74, 6) is 0.575. The summed E-state index contributed by atoms with van der Waals surface area (Å²) in [6.45, 7) is 0.598. The molecule has 0 spiro atoms. The minimum Gasteiger partial charge on any atom is -0.480 e. The number of hydrogen-bond donors (Lipinski definition) is 3. The summed E-state index contributed by atoms with van der Waals surface area (Å²) in [7, 11) is 1.64. The van der Waals surface area contributed by atoms with E-state index in [-0.39, 0.29) is 0 Å². The molecule has 0 aromatic heterocycles. The first-order valence-electron chi connectivity index (χ1n) is 3.40. The number of likely N-dealkylation sites (N-methyl/N-ethyl adjacent to an activating group) is 1. The number of thioether (sulfide) groups is 1. The summed E-state index contributed by atoms with van der Waals surface area (Å²) >= 11 is 1.55. The molecular formula is C6H14N2O2S. The molecule has 5 heteroatoms. The molecule has 1 unspecified atom stereocenters. The van der Waals surface area contributed by atoms with Crippen LogP contribution in [0.25, 0.3) is 0 Å². The van der Waals surface area contributed by atoms with Crippen molar-refractivity contribution in [2.24, 2.45) is 5.73 Å². The molecule has 0 aromatic carbocycles. The molecule has 0 saturated carbocycles. The predicted molar refractivity (Wildman–Crippen MR) is 46.9 cm³/mol. The minimum atomic E-state index is -0.808. The van der Waals surface area contributed by atoms with Gasteiger partial charge in [0.05, 0.1) is 0 Å². The van der Waals surface area contributed by atoms with Crippen LogP contribution in [-0.4, -0.2) is 42.2 Å². The van der Waals surface area contributed by atoms with Gasteiger partial charge in [0, 0.05) is 18.1 Å². The number of carboxylic acids is 1. The van der Waals surface area contributed by atoms with E-state index < -0.39 is 12.0 Å². The number of nitrogens with one attached hydrogen (secondary N) is 1. The van der Waals surface area contributed by atoms with Crippen LogP contribution >= 0.6 is 11.8 Å². The number of carboxylic acid groups (broad SMARTS) is 1. The second-order valence-corrected chi connectivity index (χ2v) is 3.19. The number of aliphatic carboxylic acids is 1. The Morgan fingerprint density at radius 1 is 1.82 bits per heavy atom. The first-order valence-corrected chi connectivity index (χ1v) is 4.55. The number of hydrogen-bond acceptors (Lipinski definition) is 4. The van der Waals surface area contributed by atoms with Crippen LogP contribution in [-0.2, 0) is 4.79 Å². The van der Waals surface area contributed by atoms with Crippen molar-refractivity contribution in [3.8, 4) is 0 Å². The van der Waals surface area contributed by atoms with Gasteiger partial charge in [-0.1, -0.05) is 0 Å². The van der Waals surface area contributed by atoms with Crippen molar-refractivity contribution < 1.29 is 9.90 Å². The molecule has 11 heavy (non-hydrogen) atoms. The Labute approximate surface area is 70.5 Å². The number of carbonyl (C=O) groups is 1. The minimum absolute atomic E-state index is 0.452. The van der Waals surface area contributed by atoms with Crippen molar-refractivity contribution in [1.29, 1.82) is 0 Å². The highest BCUT2D eigenvalue weighted by molar-refractivity contribution is 7.99. The molecule has 66 valence electrons. The molecule has 4 nitrogen and oxygen atoms in total. The lowest BCUT2D eigenvalue weighted by atomic mass is 10.3. The summed E-state index contributed by atoms with van der Waals surface area (Å²) in [6.07, 6.45) is 0. The fourth-order valence-electron chi connectivity index (χ4n) is 0.563. The van der Waals surface area contributed by atoms with Crippen molar-refractivity contribution in [1.82, 2.24) is 5.32 Å². The molecule has 0 heterocycles. The molecule has 0 aromatic rings. The van der Waals surface area contributed by atoms with Gasteiger partial charge in [-0.3, -0.25) is 4.79 Å². The molecule has 0 radical (unpaired) electrons. The summed E-state index contributed by atoms with van der Waals surface area (Å²) in [5, 5.41) is 11.3. The Kier molecular flexibility index (Phi) is 6.30. The molecule has 0 aliphatic heterocycles. The molecule has 0 saturated heterocycles. The van der Waals surface area contributed by atoms with Gasteiger partial charge in [0.25, 0.3) is 0 Å². The van der Waals surface area contributed by atoms with Gasteiger partial charge in [-0.2, -0.15) is 11.8 Å². The van der Waals surface area contributed by atoms with Crippen molar-refractivity contribution >= 4 is 17.7 Å². The molecule has 0 aliphatic rings. The number of nitrogens with two attached hydrogens (primary N) is 1. The van der Waals surface area contributed by atoms with Crippen LogP contribution in [0, 0.1) is 0 Å². The molecule has 1 atom stereocenters. The van der Waals surface area contributed by atoms with Gasteiger partial charge in [-0.25, -0.2) is 0 Å². The van der Waals surface area contributed by atoms with Gasteiger partial charge in [0.15, 0.2) is 0 Å². The second-order valence-electron chi connectivity index (χ2n) is 2.04. The van der Waals surface area contributed by atoms with Gasteiger partial charge in [0.1, 0.15) is 6.04 Å². The van der Waals surface area contributed by atoms with E-state index in [1.165, 1.54) is 0 Å². The highest BCUT2D eigenvalue weighted by atomic mass is 32.2. The average Bonchev–Trinajstić information content (AvgIpc) is 1.97. The Morgan fingerprint density at radius 2 is 2.45 bits per heavy atom. The fourth-order valence-corrected chi connectivity index (χ4v) is 1.44. The van der Waals surface area contributed by atoms with E-state index >= 15 is 0 Å². The van der Waals surface area contributed by atoms with E-state index in [1.807, 2.05) is 0 Å². The largest absolute Gasteiger partial charge is 0.480 e. The average molecular weight is 178 g/mol. The van der Waals surface area contributed by atoms with Gasteiger partial charge in [-0.15, -0.1) is 0 Å². The molecule has 0 amide bonds. The third kappa shape index (κ3) is 5.06. The maximum Gasteiger partial charge on any atom is 0.321 e. The van der Waals surface area contributed by atoms with E-state index in [1.54, 1.807) is 18.8 Å². The Hall–Kier alpha value is -0.260. The fraction of sp³-hybridized carbons (Fsp3) is 0.833. The van der Waals surface area contributed by atoms with Crippen molar-refractivity contribution in [3.05, 3.63) is 0 Å². The monoisotopic (exact) mass is 178 g/mol. The topological polar surface area (TPSA) is 75.3 Å². The summed E-state index contributed by atoms with van der Waals surface area (Å²) in [6, 6.07) is -0.452. The first kappa shape index (κ1) is 10.7. The van der Waals surface area contributed by atoms with Crippen LogP contribution in [0.15, 0.2) is 0 Å². The lowest BCUT2D eigenvalue weighted by Gasteiger charge is -2.09. The molecular weight excluding hydrogens is 164 g/mol. The Balaban J connectivity index is 3.44. The Bertz CT molecular complexity index is 121. The van der Waals surface area contributed by atoms with Gasteiger partial charge < -0.3 is 16.2 Å². The standard InChI is InChI=1S/C6H14N2O2S/c1-8-5(6(9)10)4-11-3-2-7/h5,8H,2-4,7H2,1H3,(H,9,10). The maximum absolute atomic E-state index is 10.4. The highest BCUT2D eigenvalue weighted by Crippen LogP contribution is 2.00. The zero-order valence-corrected chi connectivity index (χ0v) is 7.36. The molecule has 0 aliphatic carbocycles. The van der Waals surface area contributed by atoms with Crippen LogP contribution in [0.1, 0.15) is 0 Å². The first-order chi connectivity index (χ1) is 5.22. The molecule has 0 fully saturated rings. The zero-order valence-electron chi connectivity index (χ0n) is 6.54. The normalized spacial score (nSPS) is 12.9. The smallest absolute Gasteiger partial charge is 0.321 e. The van der Waals surface area contributed by atoms with Crippen molar-refractivity contribution in [2.75, 3.05) is 25.1 Å². The Morgan fingerprint density at radius 3 is 2.82 bits per heavy atom. The van der Waals surface area contributed by atoms with Crippen molar-refractivity contribution in [2.45, 2.75) is 6.04 Å². The van der Waals surface area contributed by atoms with E-state index in [0.29, 0.717) is 12.3 Å². The van der Waals surface area contributed by atoms with Crippen LogP contribution in [0.4, 0.5) is 0 Å². The van der Waals surface area contributed by atoms with Crippen LogP contribution in [0.2, 0.25) is 0 Å². The second kappa shape index (κ2) is 6.45. The summed E-state index contributed by atoms with van der Waals surface area (Å²) < 4.78 is 0. The van der Waals surface area contributed by atoms with Gasteiger partial charge in [0.2, 0.25) is 0 Å². The summed E-state index contributed by atoms with van der Waals surface area (Å²) in [4.78, 5) is 10.4. The highest BCUT2D eigenvalue weighted by Gasteiger charge is 2.13. The molecule has 4 N–H and O–H groups in total. The molecule has 0 rings (SSSR count). The lowest BCUT2D eigenvalue weighted by molar-refractivity contribution is -0.138. The van der Waals surface area contributed by atoms with E-state index in [0.717, 1.165) is 5.75 Å². The maximum atomic E-state index is 10.4. The lowest BCUT2D eigenvalue weighted by Crippen LogP contribution is -2.36.